The predicted octanol–water partition coefficient (Wildman–Crippen LogP) is 0.549. The van der Waals surface area contributed by atoms with Crippen molar-refractivity contribution in [3.8, 4) is 0 Å². The van der Waals surface area contributed by atoms with Crippen molar-refractivity contribution in [3.05, 3.63) is 30.3 Å². The molecule has 1 aliphatic rings. The van der Waals surface area contributed by atoms with Gasteiger partial charge in [0.15, 0.2) is 0 Å². The summed E-state index contributed by atoms with van der Waals surface area (Å²) >= 11 is 0. The summed E-state index contributed by atoms with van der Waals surface area (Å²) in [6.07, 6.45) is 0. The van der Waals surface area contributed by atoms with Gasteiger partial charge in [-0.1, -0.05) is 18.2 Å². The predicted molar refractivity (Wildman–Crippen MR) is 87.6 cm³/mol. The number of likely N-dealkylation sites (N-methyl/N-ethyl adjacent to an activating group) is 1. The molecule has 1 N–H and O–H groups in total. The first kappa shape index (κ1) is 18.9. The molecule has 2 rings (SSSR count). The van der Waals surface area contributed by atoms with E-state index in [-0.39, 0.29) is 35.8 Å². The Bertz CT molecular complexity index is 595. The molecule has 22 heavy (non-hydrogen) atoms. The third-order valence-electron chi connectivity index (χ3n) is 3.63. The summed E-state index contributed by atoms with van der Waals surface area (Å²) in [6.45, 7) is 3.91. The number of carbonyl (C=O) groups excluding carboxylic acids is 1. The summed E-state index contributed by atoms with van der Waals surface area (Å²) in [4.78, 5) is 14.2. The van der Waals surface area contributed by atoms with Crippen LogP contribution < -0.4 is 5.32 Å². The Balaban J connectivity index is 0.00000242. The molecule has 8 heteroatoms. The molecule has 1 heterocycles. The number of hydrogen-bond acceptors (Lipinski definition) is 4. The Labute approximate surface area is 137 Å². The highest BCUT2D eigenvalue weighted by Gasteiger charge is 2.28. The van der Waals surface area contributed by atoms with Crippen molar-refractivity contribution in [2.24, 2.45) is 0 Å². The fourth-order valence-electron chi connectivity index (χ4n) is 2.35. The van der Waals surface area contributed by atoms with Gasteiger partial charge in [0.25, 0.3) is 0 Å². The first-order valence-corrected chi connectivity index (χ1v) is 8.38. The minimum atomic E-state index is -3.62. The minimum Gasteiger partial charge on any atom is -0.336 e. The summed E-state index contributed by atoms with van der Waals surface area (Å²) in [7, 11) is -2.18. The minimum absolute atomic E-state index is 0. The van der Waals surface area contributed by atoms with Crippen molar-refractivity contribution < 1.29 is 13.2 Å². The Kier molecular flexibility index (Phi) is 6.80. The number of sulfonamides is 1. The molecule has 1 aromatic carbocycles. The second kappa shape index (κ2) is 7.92. The maximum absolute atomic E-state index is 12.4. The van der Waals surface area contributed by atoms with Gasteiger partial charge in [-0.2, -0.15) is 4.31 Å². The molecule has 0 aromatic heterocycles. The maximum Gasteiger partial charge on any atom is 0.243 e. The zero-order valence-electron chi connectivity index (χ0n) is 12.7. The summed E-state index contributed by atoms with van der Waals surface area (Å²) < 4.78 is 25.9. The molecule has 0 aliphatic carbocycles. The van der Waals surface area contributed by atoms with Crippen molar-refractivity contribution in [2.45, 2.75) is 17.9 Å². The zero-order valence-corrected chi connectivity index (χ0v) is 14.4. The molecular formula is C14H22ClN3O3S. The molecular weight excluding hydrogens is 326 g/mol. The Morgan fingerprint density at radius 3 is 2.59 bits per heavy atom. The van der Waals surface area contributed by atoms with Crippen LogP contribution in [0.4, 0.5) is 0 Å². The quantitative estimate of drug-likeness (QED) is 0.863. The summed E-state index contributed by atoms with van der Waals surface area (Å²) in [5.74, 6) is -0.161. The molecule has 1 fully saturated rings. The van der Waals surface area contributed by atoms with Crippen molar-refractivity contribution >= 4 is 28.3 Å². The van der Waals surface area contributed by atoms with Crippen LogP contribution in [-0.2, 0) is 14.8 Å². The Hall–Kier alpha value is -1.15. The lowest BCUT2D eigenvalue weighted by Gasteiger charge is -2.34. The monoisotopic (exact) mass is 347 g/mol. The molecule has 1 aliphatic heterocycles. The number of nitrogens with one attached hydrogen (secondary N) is 1. The van der Waals surface area contributed by atoms with Gasteiger partial charge in [-0.3, -0.25) is 4.79 Å². The summed E-state index contributed by atoms with van der Waals surface area (Å²) in [6, 6.07) is 8.24. The van der Waals surface area contributed by atoms with E-state index in [2.05, 4.69) is 5.32 Å². The van der Waals surface area contributed by atoms with E-state index in [4.69, 9.17) is 0 Å². The van der Waals surface area contributed by atoms with Gasteiger partial charge < -0.3 is 10.2 Å². The average molecular weight is 348 g/mol. The van der Waals surface area contributed by atoms with Crippen molar-refractivity contribution in [3.63, 3.8) is 0 Å². The normalized spacial score (nSPS) is 18.9. The Morgan fingerprint density at radius 1 is 1.36 bits per heavy atom. The second-order valence-corrected chi connectivity index (χ2v) is 7.26. The number of benzene rings is 1. The number of piperazine rings is 1. The molecule has 1 aromatic rings. The largest absolute Gasteiger partial charge is 0.336 e. The lowest BCUT2D eigenvalue weighted by molar-refractivity contribution is -0.133. The molecule has 1 amide bonds. The number of nitrogens with zero attached hydrogens (tertiary/aromatic N) is 2. The van der Waals surface area contributed by atoms with Gasteiger partial charge in [0.2, 0.25) is 15.9 Å². The first-order chi connectivity index (χ1) is 9.93. The van der Waals surface area contributed by atoms with Crippen LogP contribution in [0, 0.1) is 0 Å². The number of hydrogen-bond donors (Lipinski definition) is 1. The van der Waals surface area contributed by atoms with Crippen LogP contribution in [0.5, 0.6) is 0 Å². The molecule has 0 spiro atoms. The highest BCUT2D eigenvalue weighted by Crippen LogP contribution is 2.14. The smallest absolute Gasteiger partial charge is 0.243 e. The van der Waals surface area contributed by atoms with Crippen LogP contribution in [0.3, 0.4) is 0 Å². The summed E-state index contributed by atoms with van der Waals surface area (Å²) in [5.41, 5.74) is 0. The van der Waals surface area contributed by atoms with E-state index in [9.17, 15) is 13.2 Å². The van der Waals surface area contributed by atoms with E-state index in [0.29, 0.717) is 6.54 Å². The van der Waals surface area contributed by atoms with Crippen molar-refractivity contribution in [1.82, 2.24) is 14.5 Å². The topological polar surface area (TPSA) is 69.7 Å². The fourth-order valence-corrected chi connectivity index (χ4v) is 3.49. The molecule has 0 bridgehead atoms. The van der Waals surface area contributed by atoms with Gasteiger partial charge >= 0.3 is 0 Å². The van der Waals surface area contributed by atoms with Gasteiger partial charge in [-0.15, -0.1) is 12.4 Å². The SMILES string of the molecule is C[C@H]1CNCCN1C(=O)CN(C)S(=O)(=O)c1ccccc1.Cl. The van der Waals surface area contributed by atoms with Gasteiger partial charge in [-0.05, 0) is 19.1 Å². The molecule has 1 atom stereocenters. The van der Waals surface area contributed by atoms with Crippen LogP contribution in [0.15, 0.2) is 35.2 Å². The Morgan fingerprint density at radius 2 is 2.00 bits per heavy atom. The number of carbonyl (C=O) groups is 1. The molecule has 0 saturated carbocycles. The molecule has 0 unspecified atom stereocenters. The van der Waals surface area contributed by atoms with Gasteiger partial charge in [0, 0.05) is 32.7 Å². The van der Waals surface area contributed by atoms with E-state index in [1.165, 1.54) is 19.2 Å². The van der Waals surface area contributed by atoms with Crippen molar-refractivity contribution in [2.75, 3.05) is 33.2 Å². The maximum atomic E-state index is 12.4. The lowest BCUT2D eigenvalue weighted by Crippen LogP contribution is -2.54. The number of halogens is 1. The van der Waals surface area contributed by atoms with Crippen molar-refractivity contribution in [1.29, 1.82) is 0 Å². The zero-order chi connectivity index (χ0) is 15.5. The standard InChI is InChI=1S/C14H21N3O3S.ClH/c1-12-10-15-8-9-17(12)14(18)11-16(2)21(19,20)13-6-4-3-5-7-13;/h3-7,12,15H,8-11H2,1-2H3;1H/t12-;/m0./s1. The third-order valence-corrected chi connectivity index (χ3v) is 5.45. The van der Waals surface area contributed by atoms with Crippen LogP contribution in [0.2, 0.25) is 0 Å². The molecule has 124 valence electrons. The van der Waals surface area contributed by atoms with E-state index >= 15 is 0 Å². The van der Waals surface area contributed by atoms with Crippen LogP contribution >= 0.6 is 12.4 Å². The van der Waals surface area contributed by atoms with E-state index < -0.39 is 10.0 Å². The molecule has 0 radical (unpaired) electrons. The number of amides is 1. The first-order valence-electron chi connectivity index (χ1n) is 6.94. The fraction of sp³-hybridized carbons (Fsp3) is 0.500. The van der Waals surface area contributed by atoms with Gasteiger partial charge in [0.1, 0.15) is 0 Å². The van der Waals surface area contributed by atoms with Gasteiger partial charge in [0.05, 0.1) is 11.4 Å². The van der Waals surface area contributed by atoms with Crippen LogP contribution in [0.25, 0.3) is 0 Å². The molecule has 1 saturated heterocycles. The second-order valence-electron chi connectivity index (χ2n) is 5.21. The van der Waals surface area contributed by atoms with Crippen LogP contribution in [0.1, 0.15) is 6.92 Å². The van der Waals surface area contributed by atoms with E-state index in [1.54, 1.807) is 23.1 Å². The summed E-state index contributed by atoms with van der Waals surface area (Å²) in [5, 5.41) is 3.20. The third kappa shape index (κ3) is 4.19. The van der Waals surface area contributed by atoms with E-state index in [1.807, 2.05) is 6.92 Å². The van der Waals surface area contributed by atoms with E-state index in [0.717, 1.165) is 17.4 Å². The van der Waals surface area contributed by atoms with Crippen LogP contribution in [-0.4, -0.2) is 62.8 Å². The average Bonchev–Trinajstić information content (AvgIpc) is 2.48. The number of rotatable bonds is 4. The highest BCUT2D eigenvalue weighted by atomic mass is 35.5. The molecule has 6 nitrogen and oxygen atoms in total. The highest BCUT2D eigenvalue weighted by molar-refractivity contribution is 7.89. The van der Waals surface area contributed by atoms with Gasteiger partial charge in [-0.25, -0.2) is 8.42 Å². The lowest BCUT2D eigenvalue weighted by atomic mass is 10.2.